The normalized spacial score (nSPS) is 37.0. The first-order valence-corrected chi connectivity index (χ1v) is 31.6. The fraction of sp³-hybridized carbons (Fsp3) is 0.684. The van der Waals surface area contributed by atoms with Crippen LogP contribution in [-0.4, -0.2) is 198 Å². The van der Waals surface area contributed by atoms with E-state index >= 15 is 0 Å². The maximum atomic E-state index is 14.4. The standard InChI is InChI=1S/C57H79IN2O18S3/c1-13-59-34-26-72-40(24-38(34)68-9)77-52-48(65)45(31(7)74-56(52)76-37-18-16-14-15-17-20-57(67)25-36(62)29(5)42(37)33(57)19-21-79-81-27(2)3)60-78-41-23-35(61)54(32(8)73-41)80-55(66)43-30(6)44(58)50(53(71-12)49(43)69-10)75-39-22-28(4)46(63)51(70-11)47(39)64/h14-15,19,27-28,31-32,34-35,37-41,45-48,51-52,54,56,59-61,63-65,67H,13,21-26H2,1-12H3/b15-14-,33-19+/t28?,31?,32?,34?,35?,37-,38?,39?,40?,41?,45?,46?,47?,48?,51?,52?,54?,56?,57-/m0/s1. The van der Waals surface area contributed by atoms with Gasteiger partial charge in [-0.05, 0) is 92.5 Å². The van der Waals surface area contributed by atoms with Gasteiger partial charge < -0.3 is 78.2 Å². The number of carbonyl (C=O) groups is 2. The molecular formula is C57H79IN2O18S3. The van der Waals surface area contributed by atoms with Crippen molar-refractivity contribution in [1.82, 2.24) is 10.8 Å². The lowest BCUT2D eigenvalue weighted by atomic mass is 9.74. The summed E-state index contributed by atoms with van der Waals surface area (Å²) in [4.78, 5) is 34.3. The van der Waals surface area contributed by atoms with E-state index in [1.165, 1.54) is 33.5 Å². The number of hydroxylamine groups is 1. The molecule has 19 atom stereocenters. The van der Waals surface area contributed by atoms with Gasteiger partial charge in [0.25, 0.3) is 0 Å². The highest BCUT2D eigenvalue weighted by molar-refractivity contribution is 14.1. The van der Waals surface area contributed by atoms with Crippen molar-refractivity contribution in [2.24, 2.45) is 5.92 Å². The number of fused-ring (bicyclic) bond motifs is 2. The minimum absolute atomic E-state index is 0.0838. The molecule has 1 saturated carbocycles. The number of aliphatic hydroxyl groups is 5. The molecule has 0 spiro atoms. The smallest absolute Gasteiger partial charge is 0.224 e. The van der Waals surface area contributed by atoms with Crippen LogP contribution in [0.1, 0.15) is 90.1 Å². The molecule has 450 valence electrons. The van der Waals surface area contributed by atoms with Crippen molar-refractivity contribution in [1.29, 1.82) is 0 Å². The van der Waals surface area contributed by atoms with E-state index in [-0.39, 0.29) is 72.5 Å². The molecule has 7 rings (SSSR count). The summed E-state index contributed by atoms with van der Waals surface area (Å²) >= 11 is 2.94. The van der Waals surface area contributed by atoms with E-state index in [0.717, 1.165) is 11.8 Å². The highest BCUT2D eigenvalue weighted by atomic mass is 127. The van der Waals surface area contributed by atoms with Crippen LogP contribution in [-0.2, 0) is 42.8 Å². The largest absolute Gasteiger partial charge is 0.492 e. The molecule has 7 N–H and O–H groups in total. The van der Waals surface area contributed by atoms with E-state index in [2.05, 4.69) is 70.9 Å². The Labute approximate surface area is 501 Å². The van der Waals surface area contributed by atoms with E-state index < -0.39 is 102 Å². The number of hydrogen-bond donors (Lipinski definition) is 7. The van der Waals surface area contributed by atoms with Crippen molar-refractivity contribution in [2.45, 2.75) is 195 Å². The number of aliphatic hydroxyl groups excluding tert-OH is 4. The van der Waals surface area contributed by atoms with Gasteiger partial charge in [0.2, 0.25) is 10.9 Å². The highest BCUT2D eigenvalue weighted by Crippen LogP contribution is 2.49. The Morgan fingerprint density at radius 1 is 0.901 bits per heavy atom. The Kier molecular flexibility index (Phi) is 24.2. The molecule has 81 heavy (non-hydrogen) atoms. The second-order valence-corrected chi connectivity index (χ2v) is 26.4. The van der Waals surface area contributed by atoms with Crippen LogP contribution in [0.3, 0.4) is 0 Å². The lowest BCUT2D eigenvalue weighted by Crippen LogP contribution is -2.65. The number of nitrogens with one attached hydrogen (secondary N) is 2. The molecular weight excluding hydrogens is 1220 g/mol. The van der Waals surface area contributed by atoms with Crippen LogP contribution < -0.4 is 25.0 Å². The summed E-state index contributed by atoms with van der Waals surface area (Å²) in [5.74, 6) is 12.3. The summed E-state index contributed by atoms with van der Waals surface area (Å²) in [5.41, 5.74) is 2.89. The lowest BCUT2D eigenvalue weighted by Gasteiger charge is -2.46. The molecule has 24 heteroatoms. The van der Waals surface area contributed by atoms with Gasteiger partial charge in [-0.1, -0.05) is 90.8 Å². The first kappa shape index (κ1) is 66.0. The van der Waals surface area contributed by atoms with Crippen molar-refractivity contribution in [2.75, 3.05) is 47.3 Å². The second-order valence-electron chi connectivity index (χ2n) is 21.2. The Hall–Kier alpha value is -2.52. The zero-order valence-electron chi connectivity index (χ0n) is 47.8. The Morgan fingerprint density at radius 3 is 2.30 bits per heavy atom. The molecule has 0 radical (unpaired) electrons. The van der Waals surface area contributed by atoms with Crippen molar-refractivity contribution < 1.29 is 87.3 Å². The van der Waals surface area contributed by atoms with E-state index in [1.807, 2.05) is 19.9 Å². The third-order valence-corrected chi connectivity index (χ3v) is 20.7. The fourth-order valence-corrected chi connectivity index (χ4v) is 14.5. The van der Waals surface area contributed by atoms with Gasteiger partial charge in [-0.3, -0.25) is 14.4 Å². The number of halogens is 1. The number of Topliss-reactive ketones (excluding diaryl/α,β-unsaturated/α-hetero) is 1. The number of likely N-dealkylation sites (N-methyl/N-ethyl adjacent to an activating group) is 1. The number of ketones is 1. The summed E-state index contributed by atoms with van der Waals surface area (Å²) in [7, 11) is 9.12. The van der Waals surface area contributed by atoms with Crippen molar-refractivity contribution in [3.8, 4) is 40.9 Å². The predicted octanol–water partition coefficient (Wildman–Crippen LogP) is 4.70. The number of rotatable bonds is 21. The van der Waals surface area contributed by atoms with Gasteiger partial charge in [-0.15, -0.1) is 0 Å². The van der Waals surface area contributed by atoms with Crippen LogP contribution in [0.5, 0.6) is 17.2 Å². The van der Waals surface area contributed by atoms with Gasteiger partial charge in [0.1, 0.15) is 36.6 Å². The van der Waals surface area contributed by atoms with Crippen LogP contribution in [0.15, 0.2) is 34.9 Å². The first-order chi connectivity index (χ1) is 38.6. The van der Waals surface area contributed by atoms with E-state index in [1.54, 1.807) is 56.4 Å². The van der Waals surface area contributed by atoms with Crippen LogP contribution in [0, 0.1) is 40.1 Å². The van der Waals surface area contributed by atoms with E-state index in [0.29, 0.717) is 49.8 Å². The number of methoxy groups -OCH3 is 4. The van der Waals surface area contributed by atoms with Gasteiger partial charge >= 0.3 is 0 Å². The summed E-state index contributed by atoms with van der Waals surface area (Å²) in [6.07, 6.45) is -8.82. The van der Waals surface area contributed by atoms with E-state index in [9.17, 15) is 35.1 Å². The molecule has 17 unspecified atom stereocenters. The maximum Gasteiger partial charge on any atom is 0.224 e. The van der Waals surface area contributed by atoms with Gasteiger partial charge in [-0.2, -0.15) is 5.48 Å². The number of thioether (sulfide) groups is 1. The minimum atomic E-state index is -1.85. The number of hydrogen-bond acceptors (Lipinski definition) is 23. The van der Waals surface area contributed by atoms with Crippen molar-refractivity contribution >= 4 is 66.8 Å². The minimum Gasteiger partial charge on any atom is -0.492 e. The SMILES string of the molecule is CCNC1COC(OC2C(O[C@H]3C#C/C=C\C#C[C@]4(O)CC(=O)C(C)=C3/C4=C\CSSC(C)C)OC(C)C(NOC3CC(O)C(SC(=O)c4c(C)c(I)c(OC5CC(C)C(O)C(OC)C5O)c(OC)c4OC)C(C)O3)C2O)CC1OC. The summed E-state index contributed by atoms with van der Waals surface area (Å²) in [5, 5.41) is 60.7. The molecule has 3 aliphatic carbocycles. The summed E-state index contributed by atoms with van der Waals surface area (Å²) < 4.78 is 62.5. The molecule has 0 amide bonds. The Balaban J connectivity index is 1.09. The summed E-state index contributed by atoms with van der Waals surface area (Å²) in [6, 6.07) is -1.13. The lowest BCUT2D eigenvalue weighted by molar-refractivity contribution is -0.336. The summed E-state index contributed by atoms with van der Waals surface area (Å²) in [6.45, 7) is 15.8. The molecule has 4 fully saturated rings. The Morgan fingerprint density at radius 2 is 1.63 bits per heavy atom. The topological polar surface area (TPSA) is 261 Å². The fourth-order valence-electron chi connectivity index (χ4n) is 10.9. The van der Waals surface area contributed by atoms with Gasteiger partial charge in [0, 0.05) is 49.2 Å². The molecule has 1 aromatic carbocycles. The molecule has 1 aromatic rings. The van der Waals surface area contributed by atoms with E-state index in [4.69, 9.17) is 52.2 Å². The number of carbonyl (C=O) groups excluding carboxylic acids is 2. The zero-order valence-corrected chi connectivity index (χ0v) is 52.4. The molecule has 20 nitrogen and oxygen atoms in total. The number of benzene rings is 1. The monoisotopic (exact) mass is 1300 g/mol. The van der Waals surface area contributed by atoms with Crippen LogP contribution in [0.4, 0.5) is 0 Å². The van der Waals surface area contributed by atoms with Crippen LogP contribution >= 0.6 is 55.9 Å². The quantitative estimate of drug-likeness (QED) is 0.0289. The van der Waals surface area contributed by atoms with Crippen molar-refractivity contribution in [3.63, 3.8) is 0 Å². The third-order valence-electron chi connectivity index (χ3n) is 15.3. The average molecular weight is 1300 g/mol. The zero-order chi connectivity index (χ0) is 59.0. The van der Waals surface area contributed by atoms with Gasteiger partial charge in [0.05, 0.1) is 84.2 Å². The number of ether oxygens (including phenoxy) is 10. The molecule has 6 aliphatic rings. The molecule has 0 aromatic heterocycles. The predicted molar refractivity (Wildman–Crippen MR) is 315 cm³/mol. The first-order valence-electron chi connectivity index (χ1n) is 27.2. The van der Waals surface area contributed by atoms with Gasteiger partial charge in [0.15, 0.2) is 41.8 Å². The molecule has 3 heterocycles. The molecule has 2 bridgehead atoms. The average Bonchev–Trinajstić information content (AvgIpc) is 3.46. The van der Waals surface area contributed by atoms with Gasteiger partial charge in [-0.25, -0.2) is 0 Å². The van der Waals surface area contributed by atoms with Crippen molar-refractivity contribution in [3.05, 3.63) is 49.6 Å². The highest BCUT2D eigenvalue weighted by Gasteiger charge is 2.51. The Bertz CT molecular complexity index is 2590. The molecule has 3 aliphatic heterocycles. The second kappa shape index (κ2) is 29.7. The molecule has 3 saturated heterocycles. The van der Waals surface area contributed by atoms with Crippen LogP contribution in [0.2, 0.25) is 0 Å². The third kappa shape index (κ3) is 15.2. The number of allylic oxidation sites excluding steroid dienone is 3. The van der Waals surface area contributed by atoms with Crippen LogP contribution in [0.25, 0.3) is 0 Å². The maximum absolute atomic E-state index is 14.4.